The van der Waals surface area contributed by atoms with Gasteiger partial charge in [0.1, 0.15) is 5.82 Å². The summed E-state index contributed by atoms with van der Waals surface area (Å²) in [6.07, 6.45) is 2.41. The molecule has 0 aliphatic carbocycles. The van der Waals surface area contributed by atoms with Crippen molar-refractivity contribution >= 4 is 29.2 Å². The molecule has 0 fully saturated rings. The number of nitrogens with one attached hydrogen (secondary N) is 1. The van der Waals surface area contributed by atoms with Crippen molar-refractivity contribution in [3.05, 3.63) is 76.2 Å². The lowest BCUT2D eigenvalue weighted by Crippen LogP contribution is -2.09. The summed E-state index contributed by atoms with van der Waals surface area (Å²) in [6, 6.07) is 9.10. The van der Waals surface area contributed by atoms with Crippen LogP contribution in [0.4, 0.5) is 14.7 Å². The summed E-state index contributed by atoms with van der Waals surface area (Å²) in [4.78, 5) is 7.73. The van der Waals surface area contributed by atoms with Gasteiger partial charge in [0.2, 0.25) is 11.9 Å². The van der Waals surface area contributed by atoms with E-state index in [9.17, 15) is 8.78 Å². The van der Waals surface area contributed by atoms with E-state index in [1.54, 1.807) is 18.2 Å². The molecule has 0 bridgehead atoms. The quantitative estimate of drug-likeness (QED) is 0.472. The molecule has 146 valence electrons. The minimum Gasteiger partial charge on any atom is -0.349 e. The summed E-state index contributed by atoms with van der Waals surface area (Å²) in [7, 11) is 0. The number of hydrogen-bond acceptors (Lipinski definition) is 6. The summed E-state index contributed by atoms with van der Waals surface area (Å²) in [5.41, 5.74) is 1.98. The summed E-state index contributed by atoms with van der Waals surface area (Å²) in [6.45, 7) is 0.135. The molecule has 3 heterocycles. The Hall–Kier alpha value is -3.17. The number of pyridine rings is 2. The lowest BCUT2D eigenvalue weighted by Gasteiger charge is -2.12. The topological polar surface area (TPSA) is 81.4 Å². The number of halogens is 4. The minimum atomic E-state index is -0.617. The van der Waals surface area contributed by atoms with Gasteiger partial charge in [-0.2, -0.15) is 9.07 Å². The smallest absolute Gasteiger partial charge is 0.248 e. The Bertz CT molecular complexity index is 1170. The minimum absolute atomic E-state index is 0.135. The fourth-order valence-corrected chi connectivity index (χ4v) is 3.06. The number of benzene rings is 1. The molecule has 0 radical (unpaired) electrons. The van der Waals surface area contributed by atoms with Crippen molar-refractivity contribution in [2.45, 2.75) is 6.54 Å². The first-order valence-electron chi connectivity index (χ1n) is 8.26. The van der Waals surface area contributed by atoms with Crippen LogP contribution in [-0.4, -0.2) is 30.2 Å². The first-order chi connectivity index (χ1) is 14.0. The van der Waals surface area contributed by atoms with Gasteiger partial charge in [-0.25, -0.2) is 9.37 Å². The number of hydrogen-bond donors (Lipinski definition) is 1. The summed E-state index contributed by atoms with van der Waals surface area (Å²) in [5.74, 6) is -0.868. The molecule has 0 saturated heterocycles. The van der Waals surface area contributed by atoms with Crippen LogP contribution in [0.1, 0.15) is 5.56 Å². The molecular weight excluding hydrogens is 423 g/mol. The highest BCUT2D eigenvalue weighted by Gasteiger charge is 2.15. The van der Waals surface area contributed by atoms with Crippen molar-refractivity contribution in [1.82, 2.24) is 30.2 Å². The molecule has 0 unspecified atom stereocenters. The van der Waals surface area contributed by atoms with E-state index in [1.165, 1.54) is 29.1 Å². The predicted octanol–water partition coefficient (Wildman–Crippen LogP) is 4.32. The zero-order valence-electron chi connectivity index (χ0n) is 14.5. The molecule has 29 heavy (non-hydrogen) atoms. The van der Waals surface area contributed by atoms with Gasteiger partial charge in [0, 0.05) is 23.9 Å². The van der Waals surface area contributed by atoms with Crippen molar-refractivity contribution in [3.8, 4) is 16.9 Å². The van der Waals surface area contributed by atoms with Gasteiger partial charge in [-0.3, -0.25) is 4.98 Å². The van der Waals surface area contributed by atoms with E-state index in [-0.39, 0.29) is 17.5 Å². The fourth-order valence-electron chi connectivity index (χ4n) is 2.68. The zero-order chi connectivity index (χ0) is 20.4. The molecule has 11 heteroatoms. The maximum absolute atomic E-state index is 13.8. The van der Waals surface area contributed by atoms with Gasteiger partial charge in [0.15, 0.2) is 0 Å². The molecule has 4 aromatic rings. The van der Waals surface area contributed by atoms with Crippen molar-refractivity contribution in [1.29, 1.82) is 0 Å². The van der Waals surface area contributed by atoms with E-state index in [4.69, 9.17) is 23.2 Å². The van der Waals surface area contributed by atoms with Gasteiger partial charge in [-0.1, -0.05) is 34.4 Å². The second-order valence-corrected chi connectivity index (χ2v) is 6.66. The van der Waals surface area contributed by atoms with Crippen molar-refractivity contribution in [2.24, 2.45) is 0 Å². The van der Waals surface area contributed by atoms with Gasteiger partial charge < -0.3 is 5.32 Å². The number of anilines is 1. The lowest BCUT2D eigenvalue weighted by atomic mass is 10.1. The fraction of sp³-hybridized carbons (Fsp3) is 0.0556. The average molecular weight is 434 g/mol. The molecule has 7 nitrogen and oxygen atoms in total. The molecular formula is C18H11Cl2F2N7. The third-order valence-electron chi connectivity index (χ3n) is 4.00. The summed E-state index contributed by atoms with van der Waals surface area (Å²) in [5, 5.41) is 15.2. The highest BCUT2D eigenvalue weighted by Crippen LogP contribution is 2.29. The first-order valence-corrected chi connectivity index (χ1v) is 9.01. The molecule has 1 aromatic carbocycles. The number of aromatic nitrogens is 6. The van der Waals surface area contributed by atoms with Crippen molar-refractivity contribution < 1.29 is 8.78 Å². The van der Waals surface area contributed by atoms with E-state index in [0.717, 1.165) is 6.20 Å². The Morgan fingerprint density at radius 1 is 1.03 bits per heavy atom. The van der Waals surface area contributed by atoms with Crippen LogP contribution < -0.4 is 5.32 Å². The summed E-state index contributed by atoms with van der Waals surface area (Å²) >= 11 is 12.3. The highest BCUT2D eigenvalue weighted by molar-refractivity contribution is 6.43. The number of nitrogens with zero attached hydrogens (tertiary/aromatic N) is 6. The third kappa shape index (κ3) is 4.01. The maximum Gasteiger partial charge on any atom is 0.248 e. The first kappa shape index (κ1) is 19.2. The number of tetrazole rings is 1. The van der Waals surface area contributed by atoms with E-state index in [2.05, 4.69) is 30.8 Å². The standard InChI is InChI=1S/C18H11Cl2F2N7/c19-13-2-1-3-14(16(13)20)29-18(26-27-28-29)25-8-11-6-12(21)9-24-17(11)10-4-5-15(22)23-7-10/h1-7,9H,8H2,(H,25,26,28). The monoisotopic (exact) mass is 433 g/mol. The Kier molecular flexibility index (Phi) is 5.32. The van der Waals surface area contributed by atoms with E-state index in [0.29, 0.717) is 27.5 Å². The van der Waals surface area contributed by atoms with Crippen molar-refractivity contribution in [2.75, 3.05) is 5.32 Å². The number of rotatable bonds is 5. The molecule has 0 aliphatic heterocycles. The molecule has 0 aliphatic rings. The van der Waals surface area contributed by atoms with Crippen LogP contribution in [0, 0.1) is 11.8 Å². The molecule has 0 amide bonds. The Morgan fingerprint density at radius 3 is 2.69 bits per heavy atom. The third-order valence-corrected chi connectivity index (χ3v) is 4.81. The lowest BCUT2D eigenvalue weighted by molar-refractivity contribution is 0.584. The predicted molar refractivity (Wildman–Crippen MR) is 104 cm³/mol. The SMILES string of the molecule is Fc1cnc(-c2ccc(F)nc2)c(CNc2nnnn2-c2cccc(Cl)c2Cl)c1. The summed E-state index contributed by atoms with van der Waals surface area (Å²) < 4.78 is 28.3. The van der Waals surface area contributed by atoms with Gasteiger partial charge in [0.05, 0.1) is 27.6 Å². The average Bonchev–Trinajstić information content (AvgIpc) is 3.18. The molecule has 0 spiro atoms. The molecule has 3 aromatic heterocycles. The van der Waals surface area contributed by atoms with Crippen LogP contribution in [0.25, 0.3) is 16.9 Å². The molecule has 4 rings (SSSR count). The Balaban J connectivity index is 1.64. The Morgan fingerprint density at radius 2 is 1.90 bits per heavy atom. The van der Waals surface area contributed by atoms with Gasteiger partial charge in [-0.15, -0.1) is 0 Å². The van der Waals surface area contributed by atoms with Gasteiger partial charge in [-0.05, 0) is 40.8 Å². The molecule has 0 saturated carbocycles. The van der Waals surface area contributed by atoms with E-state index < -0.39 is 11.8 Å². The van der Waals surface area contributed by atoms with Crippen LogP contribution in [0.15, 0.2) is 48.8 Å². The van der Waals surface area contributed by atoms with Crippen LogP contribution >= 0.6 is 23.2 Å². The molecule has 0 atom stereocenters. The van der Waals surface area contributed by atoms with E-state index in [1.807, 2.05) is 0 Å². The highest BCUT2D eigenvalue weighted by atomic mass is 35.5. The zero-order valence-corrected chi connectivity index (χ0v) is 16.0. The van der Waals surface area contributed by atoms with Crippen LogP contribution in [0.2, 0.25) is 10.0 Å². The second-order valence-electron chi connectivity index (χ2n) is 5.87. The van der Waals surface area contributed by atoms with Crippen LogP contribution in [0.3, 0.4) is 0 Å². The Labute approximate surface area is 173 Å². The maximum atomic E-state index is 13.8. The van der Waals surface area contributed by atoms with Crippen LogP contribution in [0.5, 0.6) is 0 Å². The van der Waals surface area contributed by atoms with E-state index >= 15 is 0 Å². The second kappa shape index (κ2) is 8.06. The van der Waals surface area contributed by atoms with Crippen molar-refractivity contribution in [3.63, 3.8) is 0 Å². The normalized spacial score (nSPS) is 10.9. The van der Waals surface area contributed by atoms with Gasteiger partial charge in [0.25, 0.3) is 0 Å². The molecule has 1 N–H and O–H groups in total. The van der Waals surface area contributed by atoms with Gasteiger partial charge >= 0.3 is 0 Å². The largest absolute Gasteiger partial charge is 0.349 e. The van der Waals surface area contributed by atoms with Crippen LogP contribution in [-0.2, 0) is 6.54 Å².